The standard InChI is InChI=1S/C22H32O2/c1-13(2)22(4)12-19(24)21(3)10-9-17-16-8-6-15(23)11-14(16)5-7-18(17)20(21)22/h6,8,11,13,17-20,23-24H,5,7,9-10,12H2,1-4H3/t17-,18-,19+,20+,21-,22-/m1/s1. The van der Waals surface area contributed by atoms with E-state index in [1.54, 1.807) is 0 Å². The van der Waals surface area contributed by atoms with Crippen LogP contribution in [0.5, 0.6) is 5.75 Å². The highest BCUT2D eigenvalue weighted by Gasteiger charge is 2.63. The zero-order valence-corrected chi connectivity index (χ0v) is 15.5. The number of aromatic hydroxyl groups is 1. The monoisotopic (exact) mass is 328 g/mol. The third-order valence-electron chi connectivity index (χ3n) is 8.35. The lowest BCUT2D eigenvalue weighted by Gasteiger charge is -2.54. The molecule has 1 aromatic rings. The first kappa shape index (κ1) is 16.4. The third-order valence-corrected chi connectivity index (χ3v) is 8.35. The Kier molecular flexibility index (Phi) is 3.59. The van der Waals surface area contributed by atoms with Gasteiger partial charge in [0.1, 0.15) is 5.75 Å². The van der Waals surface area contributed by atoms with Gasteiger partial charge in [-0.05, 0) is 89.9 Å². The Hall–Kier alpha value is -1.02. The summed E-state index contributed by atoms with van der Waals surface area (Å²) in [5.41, 5.74) is 3.13. The van der Waals surface area contributed by atoms with Crippen LogP contribution in [0, 0.1) is 28.6 Å². The Morgan fingerprint density at radius 3 is 2.62 bits per heavy atom. The van der Waals surface area contributed by atoms with Gasteiger partial charge in [-0.3, -0.25) is 0 Å². The van der Waals surface area contributed by atoms with Crippen LogP contribution in [0.1, 0.15) is 70.4 Å². The normalized spacial score (nSPS) is 44.1. The van der Waals surface area contributed by atoms with Crippen LogP contribution in [0.3, 0.4) is 0 Å². The van der Waals surface area contributed by atoms with Crippen molar-refractivity contribution in [3.8, 4) is 5.75 Å². The van der Waals surface area contributed by atoms with Crippen molar-refractivity contribution in [1.82, 2.24) is 0 Å². The van der Waals surface area contributed by atoms with Crippen LogP contribution in [0.2, 0.25) is 0 Å². The number of fused-ring (bicyclic) bond motifs is 5. The van der Waals surface area contributed by atoms with E-state index in [2.05, 4.69) is 33.8 Å². The molecule has 3 aliphatic carbocycles. The Morgan fingerprint density at radius 2 is 1.92 bits per heavy atom. The number of rotatable bonds is 1. The van der Waals surface area contributed by atoms with Crippen molar-refractivity contribution in [2.45, 2.75) is 71.8 Å². The van der Waals surface area contributed by atoms with Gasteiger partial charge in [-0.15, -0.1) is 0 Å². The zero-order valence-electron chi connectivity index (χ0n) is 15.5. The van der Waals surface area contributed by atoms with Crippen LogP contribution in [0.4, 0.5) is 0 Å². The van der Waals surface area contributed by atoms with E-state index < -0.39 is 0 Å². The molecule has 4 rings (SSSR count). The number of hydrogen-bond acceptors (Lipinski definition) is 2. The second-order valence-corrected chi connectivity index (χ2v) is 9.59. The van der Waals surface area contributed by atoms with Crippen LogP contribution >= 0.6 is 0 Å². The van der Waals surface area contributed by atoms with Crippen LogP contribution in [0.25, 0.3) is 0 Å². The van der Waals surface area contributed by atoms with E-state index in [9.17, 15) is 10.2 Å². The number of hydrogen-bond donors (Lipinski definition) is 2. The minimum Gasteiger partial charge on any atom is -0.508 e. The highest BCUT2D eigenvalue weighted by atomic mass is 16.3. The molecule has 0 unspecified atom stereocenters. The minimum absolute atomic E-state index is 0.0780. The van der Waals surface area contributed by atoms with E-state index in [1.165, 1.54) is 24.0 Å². The first-order valence-corrected chi connectivity index (χ1v) is 9.77. The van der Waals surface area contributed by atoms with Crippen molar-refractivity contribution in [2.75, 3.05) is 0 Å². The predicted molar refractivity (Wildman–Crippen MR) is 97.1 cm³/mol. The summed E-state index contributed by atoms with van der Waals surface area (Å²) in [6, 6.07) is 6.01. The molecule has 0 bridgehead atoms. The fraction of sp³-hybridized carbons (Fsp3) is 0.727. The zero-order chi connectivity index (χ0) is 17.3. The smallest absolute Gasteiger partial charge is 0.115 e. The van der Waals surface area contributed by atoms with Crippen molar-refractivity contribution in [3.63, 3.8) is 0 Å². The van der Waals surface area contributed by atoms with Crippen molar-refractivity contribution in [1.29, 1.82) is 0 Å². The molecule has 0 aromatic heterocycles. The van der Waals surface area contributed by atoms with Gasteiger partial charge < -0.3 is 10.2 Å². The molecule has 24 heavy (non-hydrogen) atoms. The van der Waals surface area contributed by atoms with Gasteiger partial charge >= 0.3 is 0 Å². The molecule has 0 amide bonds. The summed E-state index contributed by atoms with van der Waals surface area (Å²) in [5, 5.41) is 20.8. The van der Waals surface area contributed by atoms with E-state index in [0.717, 1.165) is 19.3 Å². The van der Waals surface area contributed by atoms with Gasteiger partial charge in [-0.1, -0.05) is 33.8 Å². The number of aryl methyl sites for hydroxylation is 1. The number of aliphatic hydroxyl groups is 1. The van der Waals surface area contributed by atoms with Gasteiger partial charge in [-0.2, -0.15) is 0 Å². The number of phenolic OH excluding ortho intramolecular Hbond substituents is 1. The fourth-order valence-electron chi connectivity index (χ4n) is 6.79. The summed E-state index contributed by atoms with van der Waals surface area (Å²) in [6.45, 7) is 9.48. The molecule has 1 aromatic carbocycles. The quantitative estimate of drug-likeness (QED) is 0.771. The first-order valence-electron chi connectivity index (χ1n) is 9.77. The molecule has 0 radical (unpaired) electrons. The molecule has 0 spiro atoms. The SMILES string of the molecule is CC(C)[C@@]1(C)C[C@H](O)[C@@]2(C)CC[C@@H]3c4ccc(O)cc4CC[C@H]3[C@@H]21. The second-order valence-electron chi connectivity index (χ2n) is 9.59. The van der Waals surface area contributed by atoms with Gasteiger partial charge in [0.05, 0.1) is 6.10 Å². The average molecular weight is 328 g/mol. The second kappa shape index (κ2) is 5.24. The molecule has 2 heteroatoms. The van der Waals surface area contributed by atoms with E-state index in [-0.39, 0.29) is 16.9 Å². The maximum Gasteiger partial charge on any atom is 0.115 e. The largest absolute Gasteiger partial charge is 0.508 e. The van der Waals surface area contributed by atoms with Crippen molar-refractivity contribution in [3.05, 3.63) is 29.3 Å². The molecule has 6 atom stereocenters. The predicted octanol–water partition coefficient (Wildman–Crippen LogP) is 4.88. The van der Waals surface area contributed by atoms with E-state index >= 15 is 0 Å². The number of aliphatic hydroxyl groups excluding tert-OH is 1. The van der Waals surface area contributed by atoms with Crippen molar-refractivity contribution in [2.24, 2.45) is 28.6 Å². The van der Waals surface area contributed by atoms with Crippen LogP contribution in [-0.2, 0) is 6.42 Å². The van der Waals surface area contributed by atoms with Crippen LogP contribution < -0.4 is 0 Å². The fourth-order valence-corrected chi connectivity index (χ4v) is 6.79. The molecule has 3 aliphatic rings. The topological polar surface area (TPSA) is 40.5 Å². The first-order chi connectivity index (χ1) is 11.3. The number of phenols is 1. The van der Waals surface area contributed by atoms with Gasteiger partial charge in [0.25, 0.3) is 0 Å². The van der Waals surface area contributed by atoms with Gasteiger partial charge in [-0.25, -0.2) is 0 Å². The molecular formula is C22H32O2. The average Bonchev–Trinajstić information content (AvgIpc) is 2.74. The third kappa shape index (κ3) is 2.05. The van der Waals surface area contributed by atoms with Gasteiger partial charge in [0, 0.05) is 0 Å². The summed E-state index contributed by atoms with van der Waals surface area (Å²) in [7, 11) is 0. The summed E-state index contributed by atoms with van der Waals surface area (Å²) >= 11 is 0. The highest BCUT2D eigenvalue weighted by molar-refractivity contribution is 5.40. The molecule has 2 saturated carbocycles. The molecule has 2 nitrogen and oxygen atoms in total. The Balaban J connectivity index is 1.78. The molecule has 0 saturated heterocycles. The summed E-state index contributed by atoms with van der Waals surface area (Å²) in [5.74, 6) is 2.87. The molecule has 132 valence electrons. The van der Waals surface area contributed by atoms with E-state index in [1.807, 2.05) is 12.1 Å². The lowest BCUT2D eigenvalue weighted by Crippen LogP contribution is -2.48. The van der Waals surface area contributed by atoms with Gasteiger partial charge in [0.15, 0.2) is 0 Å². The highest BCUT2D eigenvalue weighted by Crippen LogP contribution is 2.68. The van der Waals surface area contributed by atoms with E-state index in [0.29, 0.717) is 29.4 Å². The summed E-state index contributed by atoms with van der Waals surface area (Å²) in [6.07, 6.45) is 5.39. The van der Waals surface area contributed by atoms with Crippen LogP contribution in [-0.4, -0.2) is 16.3 Å². The van der Waals surface area contributed by atoms with E-state index in [4.69, 9.17) is 0 Å². The minimum atomic E-state index is -0.155. The molecule has 2 N–H and O–H groups in total. The molecule has 0 aliphatic heterocycles. The Labute approximate surface area is 146 Å². The molecule has 2 fully saturated rings. The summed E-state index contributed by atoms with van der Waals surface area (Å²) < 4.78 is 0. The van der Waals surface area contributed by atoms with Crippen molar-refractivity contribution < 1.29 is 10.2 Å². The lowest BCUT2D eigenvalue weighted by atomic mass is 9.50. The summed E-state index contributed by atoms with van der Waals surface area (Å²) in [4.78, 5) is 0. The Morgan fingerprint density at radius 1 is 1.17 bits per heavy atom. The van der Waals surface area contributed by atoms with Crippen molar-refractivity contribution >= 4 is 0 Å². The number of benzene rings is 1. The van der Waals surface area contributed by atoms with Crippen LogP contribution in [0.15, 0.2) is 18.2 Å². The molecule has 0 heterocycles. The molecular weight excluding hydrogens is 296 g/mol. The lowest BCUT2D eigenvalue weighted by molar-refractivity contribution is -0.0528. The maximum atomic E-state index is 11.0. The maximum absolute atomic E-state index is 11.0. The van der Waals surface area contributed by atoms with Gasteiger partial charge in [0.2, 0.25) is 0 Å². The Bertz CT molecular complexity index is 651.